The molecule has 66 valence electrons. The largest absolute Gasteiger partial charge is 0.313 e. The van der Waals surface area contributed by atoms with Crippen molar-refractivity contribution >= 4 is 5.78 Å². The Balaban J connectivity index is 3.01. The molecule has 0 saturated heterocycles. The summed E-state index contributed by atoms with van der Waals surface area (Å²) in [5, 5.41) is 2.80. The molecule has 0 aliphatic carbocycles. The van der Waals surface area contributed by atoms with E-state index in [1.54, 1.807) is 19.2 Å². The lowest BCUT2D eigenvalue weighted by molar-refractivity contribution is 0.0993. The van der Waals surface area contributed by atoms with Crippen LogP contribution < -0.4 is 5.32 Å². The van der Waals surface area contributed by atoms with Crippen molar-refractivity contribution in [2.75, 3.05) is 13.6 Å². The first-order chi connectivity index (χ1) is 6.29. The molecule has 0 aliphatic rings. The molecule has 0 bridgehead atoms. The van der Waals surface area contributed by atoms with Gasteiger partial charge in [0.05, 0.1) is 6.54 Å². The van der Waals surface area contributed by atoms with Crippen LogP contribution in [0.3, 0.4) is 0 Å². The van der Waals surface area contributed by atoms with E-state index in [1.807, 2.05) is 12.1 Å². The fraction of sp³-hybridized carbons (Fsp3) is 0.182. The molecule has 0 amide bonds. The molecule has 2 nitrogen and oxygen atoms in total. The third-order valence-electron chi connectivity index (χ3n) is 1.72. The molecule has 1 aromatic rings. The van der Waals surface area contributed by atoms with Crippen LogP contribution in [0.25, 0.3) is 0 Å². The van der Waals surface area contributed by atoms with Crippen molar-refractivity contribution in [2.24, 2.45) is 0 Å². The van der Waals surface area contributed by atoms with Crippen LogP contribution in [0, 0.1) is 12.3 Å². The second-order valence-electron chi connectivity index (χ2n) is 2.64. The predicted molar refractivity (Wildman–Crippen MR) is 52.6 cm³/mol. The number of nitrogens with one attached hydrogen (secondary N) is 1. The van der Waals surface area contributed by atoms with Gasteiger partial charge in [-0.3, -0.25) is 4.79 Å². The Morgan fingerprint density at radius 3 is 2.85 bits per heavy atom. The van der Waals surface area contributed by atoms with E-state index in [9.17, 15) is 4.79 Å². The second-order valence-corrected chi connectivity index (χ2v) is 2.64. The summed E-state index contributed by atoms with van der Waals surface area (Å²) in [6.45, 7) is 0.318. The van der Waals surface area contributed by atoms with Crippen LogP contribution in [-0.2, 0) is 0 Å². The number of hydrogen-bond acceptors (Lipinski definition) is 2. The highest BCUT2D eigenvalue weighted by atomic mass is 16.1. The average Bonchev–Trinajstić information content (AvgIpc) is 2.18. The molecular weight excluding hydrogens is 162 g/mol. The molecule has 0 radical (unpaired) electrons. The highest BCUT2D eigenvalue weighted by molar-refractivity contribution is 5.99. The van der Waals surface area contributed by atoms with Crippen LogP contribution in [0.1, 0.15) is 15.9 Å². The zero-order valence-electron chi connectivity index (χ0n) is 7.50. The first kappa shape index (κ1) is 9.50. The summed E-state index contributed by atoms with van der Waals surface area (Å²) >= 11 is 0. The van der Waals surface area contributed by atoms with E-state index in [0.29, 0.717) is 17.7 Å². The molecule has 0 saturated carbocycles. The van der Waals surface area contributed by atoms with Crippen molar-refractivity contribution in [3.05, 3.63) is 35.4 Å². The van der Waals surface area contributed by atoms with Crippen LogP contribution in [0.2, 0.25) is 0 Å². The lowest BCUT2D eigenvalue weighted by atomic mass is 10.0. The lowest BCUT2D eigenvalue weighted by Crippen LogP contribution is -2.19. The summed E-state index contributed by atoms with van der Waals surface area (Å²) in [5.41, 5.74) is 1.27. The molecule has 0 spiro atoms. The van der Waals surface area contributed by atoms with E-state index in [-0.39, 0.29) is 5.78 Å². The first-order valence-corrected chi connectivity index (χ1v) is 4.03. The fourth-order valence-corrected chi connectivity index (χ4v) is 1.11. The van der Waals surface area contributed by atoms with Crippen molar-refractivity contribution in [1.82, 2.24) is 5.32 Å². The van der Waals surface area contributed by atoms with Crippen LogP contribution in [0.5, 0.6) is 0 Å². The van der Waals surface area contributed by atoms with E-state index in [0.717, 1.165) is 0 Å². The number of terminal acetylenes is 1. The van der Waals surface area contributed by atoms with Crippen molar-refractivity contribution in [1.29, 1.82) is 0 Å². The van der Waals surface area contributed by atoms with Gasteiger partial charge in [-0.15, -0.1) is 6.42 Å². The number of rotatable bonds is 3. The van der Waals surface area contributed by atoms with Gasteiger partial charge in [0.25, 0.3) is 0 Å². The van der Waals surface area contributed by atoms with Crippen molar-refractivity contribution in [3.63, 3.8) is 0 Å². The van der Waals surface area contributed by atoms with Crippen molar-refractivity contribution < 1.29 is 4.79 Å². The van der Waals surface area contributed by atoms with Gasteiger partial charge in [-0.05, 0) is 13.1 Å². The first-order valence-electron chi connectivity index (χ1n) is 4.03. The Morgan fingerprint density at radius 1 is 1.54 bits per heavy atom. The summed E-state index contributed by atoms with van der Waals surface area (Å²) in [4.78, 5) is 11.5. The molecular formula is C11H11NO. The molecule has 1 rings (SSSR count). The molecule has 0 heterocycles. The molecule has 2 heteroatoms. The zero-order valence-corrected chi connectivity index (χ0v) is 7.50. The van der Waals surface area contributed by atoms with E-state index in [4.69, 9.17) is 6.42 Å². The standard InChI is InChI=1S/C11H11NO/c1-3-9-6-4-5-7-10(9)11(13)8-12-2/h1,4-7,12H,8H2,2H3. The quantitative estimate of drug-likeness (QED) is 0.547. The van der Waals surface area contributed by atoms with Gasteiger partial charge in [0, 0.05) is 11.1 Å². The third-order valence-corrected chi connectivity index (χ3v) is 1.72. The highest BCUT2D eigenvalue weighted by Crippen LogP contribution is 2.07. The predicted octanol–water partition coefficient (Wildman–Crippen LogP) is 1.07. The molecule has 1 N–H and O–H groups in total. The number of Topliss-reactive ketones (excluding diaryl/α,β-unsaturated/α-hetero) is 1. The van der Waals surface area contributed by atoms with Crippen LogP contribution in [-0.4, -0.2) is 19.4 Å². The number of carbonyl (C=O) groups excluding carboxylic acids is 1. The minimum Gasteiger partial charge on any atom is -0.313 e. The van der Waals surface area contributed by atoms with Gasteiger partial charge in [-0.25, -0.2) is 0 Å². The minimum absolute atomic E-state index is 0.0241. The van der Waals surface area contributed by atoms with Gasteiger partial charge in [0.1, 0.15) is 0 Å². The maximum atomic E-state index is 11.5. The minimum atomic E-state index is 0.0241. The SMILES string of the molecule is C#Cc1ccccc1C(=O)CNC. The molecule has 0 unspecified atom stereocenters. The normalized spacial score (nSPS) is 9.23. The Hall–Kier alpha value is -1.59. The number of hydrogen-bond donors (Lipinski definition) is 1. The monoisotopic (exact) mass is 173 g/mol. The topological polar surface area (TPSA) is 29.1 Å². The maximum absolute atomic E-state index is 11.5. The summed E-state index contributed by atoms with van der Waals surface area (Å²) < 4.78 is 0. The van der Waals surface area contributed by atoms with Crippen LogP contribution in [0.15, 0.2) is 24.3 Å². The Morgan fingerprint density at radius 2 is 2.23 bits per heavy atom. The lowest BCUT2D eigenvalue weighted by Gasteiger charge is -2.02. The Labute approximate surface area is 78.0 Å². The van der Waals surface area contributed by atoms with Gasteiger partial charge in [-0.1, -0.05) is 24.1 Å². The molecule has 1 aromatic carbocycles. The van der Waals surface area contributed by atoms with Gasteiger partial charge in [0.2, 0.25) is 0 Å². The van der Waals surface area contributed by atoms with E-state index < -0.39 is 0 Å². The third kappa shape index (κ3) is 2.17. The van der Waals surface area contributed by atoms with Crippen LogP contribution in [0.4, 0.5) is 0 Å². The number of benzene rings is 1. The Bertz CT molecular complexity index is 349. The highest BCUT2D eigenvalue weighted by Gasteiger charge is 2.07. The van der Waals surface area contributed by atoms with Gasteiger partial charge in [0.15, 0.2) is 5.78 Å². The number of likely N-dealkylation sites (N-methyl/N-ethyl adjacent to an activating group) is 1. The molecule has 0 aromatic heterocycles. The molecule has 0 fully saturated rings. The van der Waals surface area contributed by atoms with Crippen LogP contribution >= 0.6 is 0 Å². The number of carbonyl (C=O) groups is 1. The Kier molecular flexibility index (Phi) is 3.24. The average molecular weight is 173 g/mol. The van der Waals surface area contributed by atoms with E-state index in [1.165, 1.54) is 0 Å². The number of ketones is 1. The smallest absolute Gasteiger partial charge is 0.177 e. The summed E-state index contributed by atoms with van der Waals surface area (Å²) in [6.07, 6.45) is 5.26. The summed E-state index contributed by atoms with van der Waals surface area (Å²) in [5.74, 6) is 2.51. The molecule has 0 aliphatic heterocycles. The van der Waals surface area contributed by atoms with Gasteiger partial charge >= 0.3 is 0 Å². The molecule has 0 atom stereocenters. The van der Waals surface area contributed by atoms with Crippen molar-refractivity contribution in [2.45, 2.75) is 0 Å². The van der Waals surface area contributed by atoms with Gasteiger partial charge < -0.3 is 5.32 Å². The van der Waals surface area contributed by atoms with Crippen molar-refractivity contribution in [3.8, 4) is 12.3 Å². The van der Waals surface area contributed by atoms with E-state index in [2.05, 4.69) is 11.2 Å². The maximum Gasteiger partial charge on any atom is 0.177 e. The summed E-state index contributed by atoms with van der Waals surface area (Å²) in [6, 6.07) is 7.15. The fourth-order valence-electron chi connectivity index (χ4n) is 1.11. The van der Waals surface area contributed by atoms with Gasteiger partial charge in [-0.2, -0.15) is 0 Å². The molecule has 13 heavy (non-hydrogen) atoms. The zero-order chi connectivity index (χ0) is 9.68. The summed E-state index contributed by atoms with van der Waals surface area (Å²) in [7, 11) is 1.73. The van der Waals surface area contributed by atoms with E-state index >= 15 is 0 Å². The second kappa shape index (κ2) is 4.44.